The van der Waals surface area contributed by atoms with E-state index in [9.17, 15) is 9.59 Å². The maximum absolute atomic E-state index is 12.2. The molecule has 1 spiro atoms. The van der Waals surface area contributed by atoms with Gasteiger partial charge in [-0.3, -0.25) is 4.79 Å². The van der Waals surface area contributed by atoms with Gasteiger partial charge in [0.25, 0.3) is 0 Å². The highest BCUT2D eigenvalue weighted by Gasteiger charge is 2.66. The highest BCUT2D eigenvalue weighted by Crippen LogP contribution is 2.54. The average molecular weight is 396 g/mol. The van der Waals surface area contributed by atoms with Gasteiger partial charge in [0.2, 0.25) is 5.91 Å². The van der Waals surface area contributed by atoms with Crippen LogP contribution in [0.5, 0.6) is 0 Å². The summed E-state index contributed by atoms with van der Waals surface area (Å²) in [5.74, 6) is -0.0782. The highest BCUT2D eigenvalue weighted by atomic mass is 16.6. The van der Waals surface area contributed by atoms with E-state index >= 15 is 0 Å². The molecule has 28 heavy (non-hydrogen) atoms. The summed E-state index contributed by atoms with van der Waals surface area (Å²) in [7, 11) is 1.65. The Hall–Kier alpha value is -1.64. The van der Waals surface area contributed by atoms with E-state index in [1.807, 2.05) is 0 Å². The lowest BCUT2D eigenvalue weighted by Crippen LogP contribution is -2.53. The molecular formula is C20H32N2O6. The van der Waals surface area contributed by atoms with Crippen molar-refractivity contribution in [3.63, 3.8) is 0 Å². The molecule has 0 radical (unpaired) electrons. The van der Waals surface area contributed by atoms with E-state index in [4.69, 9.17) is 18.9 Å². The Labute approximate surface area is 166 Å². The molecule has 3 fully saturated rings. The lowest BCUT2D eigenvalue weighted by atomic mass is 9.73. The predicted octanol–water partition coefficient (Wildman–Crippen LogP) is 1.54. The summed E-state index contributed by atoms with van der Waals surface area (Å²) in [4.78, 5) is 23.0. The zero-order valence-electron chi connectivity index (χ0n) is 17.2. The predicted molar refractivity (Wildman–Crippen MR) is 102 cm³/mol. The number of carbonyl (C=O) groups excluding carboxylic acids is 2. The minimum absolute atomic E-state index is 0.0546. The highest BCUT2D eigenvalue weighted by molar-refractivity contribution is 5.73. The zero-order valence-corrected chi connectivity index (χ0v) is 17.2. The molecule has 1 saturated carbocycles. The molecule has 158 valence electrons. The van der Waals surface area contributed by atoms with Crippen molar-refractivity contribution >= 4 is 12.0 Å². The minimum atomic E-state index is -0.498. The van der Waals surface area contributed by atoms with E-state index in [2.05, 4.69) is 30.6 Å². The van der Waals surface area contributed by atoms with Crippen molar-refractivity contribution in [1.29, 1.82) is 0 Å². The molecule has 3 rings (SSSR count). The molecule has 0 aromatic carbocycles. The molecule has 2 N–H and O–H groups in total. The van der Waals surface area contributed by atoms with Crippen molar-refractivity contribution in [2.45, 2.75) is 70.1 Å². The zero-order chi connectivity index (χ0) is 20.3. The van der Waals surface area contributed by atoms with E-state index < -0.39 is 6.09 Å². The molecule has 3 aliphatic rings. The molecule has 8 nitrogen and oxygen atoms in total. The quantitative estimate of drug-likeness (QED) is 0.367. The third-order valence-electron chi connectivity index (χ3n) is 5.73. The van der Waals surface area contributed by atoms with Crippen LogP contribution >= 0.6 is 0 Å². The van der Waals surface area contributed by atoms with Crippen molar-refractivity contribution in [3.8, 4) is 0 Å². The van der Waals surface area contributed by atoms with Crippen molar-refractivity contribution in [2.24, 2.45) is 5.92 Å². The maximum atomic E-state index is 12.2. The summed E-state index contributed by atoms with van der Waals surface area (Å²) in [5.41, 5.74) is 1.07. The normalized spacial score (nSPS) is 35.8. The number of ether oxygens (including phenoxy) is 4. The lowest BCUT2D eigenvalue weighted by molar-refractivity contribution is -0.118. The van der Waals surface area contributed by atoms with Crippen LogP contribution in [0, 0.1) is 5.92 Å². The molecule has 2 aliphatic heterocycles. The number of methoxy groups -OCH3 is 1. The van der Waals surface area contributed by atoms with Crippen molar-refractivity contribution in [1.82, 2.24) is 10.6 Å². The number of allylic oxidation sites excluding steroid dienone is 1. The molecule has 2 saturated heterocycles. The van der Waals surface area contributed by atoms with E-state index in [1.54, 1.807) is 7.11 Å². The average Bonchev–Trinajstić information content (AvgIpc) is 3.55. The second-order valence-corrected chi connectivity index (χ2v) is 8.13. The summed E-state index contributed by atoms with van der Waals surface area (Å²) in [6.45, 7) is 6.98. The topological polar surface area (TPSA) is 102 Å². The van der Waals surface area contributed by atoms with E-state index in [0.717, 1.165) is 12.8 Å². The number of amides is 2. The number of epoxide rings is 2. The number of nitrogens with one attached hydrogen (secondary N) is 2. The van der Waals surface area contributed by atoms with Crippen LogP contribution in [0.4, 0.5) is 4.79 Å². The van der Waals surface area contributed by atoms with Gasteiger partial charge in [0.15, 0.2) is 0 Å². The Morgan fingerprint density at radius 2 is 1.93 bits per heavy atom. The number of carbonyl (C=O) groups is 2. The van der Waals surface area contributed by atoms with Crippen molar-refractivity contribution < 1.29 is 28.5 Å². The van der Waals surface area contributed by atoms with Gasteiger partial charge in [-0.05, 0) is 33.1 Å². The maximum Gasteiger partial charge on any atom is 0.407 e. The standard InChI is InChI=1S/C20H32N2O6/c1-12(2)5-6-14-18(27-14)16-17(25-4)15(7-8-20(16)11-26-20)28-19(24)22-10-9-21-13(3)23/h5,14-18H,6-11H2,1-4H3,(H,21,23)(H,22,24). The van der Waals surface area contributed by atoms with Crippen molar-refractivity contribution in [2.75, 3.05) is 26.8 Å². The van der Waals surface area contributed by atoms with Crippen LogP contribution in [0.1, 0.15) is 40.0 Å². The molecule has 8 heteroatoms. The summed E-state index contributed by atoms with van der Waals surface area (Å²) < 4.78 is 23.3. The van der Waals surface area contributed by atoms with Gasteiger partial charge in [-0.1, -0.05) is 11.6 Å². The van der Waals surface area contributed by atoms with Crippen LogP contribution in [-0.4, -0.2) is 68.8 Å². The summed E-state index contributed by atoms with van der Waals surface area (Å²) in [5, 5.41) is 5.29. The molecule has 2 amide bonds. The van der Waals surface area contributed by atoms with E-state index in [1.165, 1.54) is 12.5 Å². The molecule has 2 heterocycles. The van der Waals surface area contributed by atoms with Crippen LogP contribution in [0.3, 0.4) is 0 Å². The monoisotopic (exact) mass is 396 g/mol. The summed E-state index contributed by atoms with van der Waals surface area (Å²) in [6.07, 6.45) is 3.72. The number of rotatable bonds is 8. The minimum Gasteiger partial charge on any atom is -0.443 e. The lowest BCUT2D eigenvalue weighted by Gasteiger charge is -2.40. The van der Waals surface area contributed by atoms with Gasteiger partial charge < -0.3 is 29.6 Å². The van der Waals surface area contributed by atoms with E-state index in [0.29, 0.717) is 26.1 Å². The molecule has 1 aliphatic carbocycles. The van der Waals surface area contributed by atoms with Crippen LogP contribution < -0.4 is 10.6 Å². The third kappa shape index (κ3) is 5.04. The van der Waals surface area contributed by atoms with Crippen LogP contribution in [0.25, 0.3) is 0 Å². The first-order valence-corrected chi connectivity index (χ1v) is 10.0. The molecule has 0 aromatic heterocycles. The van der Waals surface area contributed by atoms with Gasteiger partial charge in [0.05, 0.1) is 24.4 Å². The first-order chi connectivity index (χ1) is 13.4. The Balaban J connectivity index is 1.56. The van der Waals surface area contributed by atoms with Crippen LogP contribution in [0.2, 0.25) is 0 Å². The molecular weight excluding hydrogens is 364 g/mol. The Morgan fingerprint density at radius 1 is 1.21 bits per heavy atom. The fourth-order valence-electron chi connectivity index (χ4n) is 4.18. The van der Waals surface area contributed by atoms with Gasteiger partial charge in [-0.15, -0.1) is 0 Å². The fourth-order valence-corrected chi connectivity index (χ4v) is 4.18. The Kier molecular flexibility index (Phi) is 6.62. The number of hydrogen-bond donors (Lipinski definition) is 2. The first kappa shape index (κ1) is 21.1. The number of hydrogen-bond acceptors (Lipinski definition) is 6. The van der Waals surface area contributed by atoms with E-state index in [-0.39, 0.29) is 41.8 Å². The van der Waals surface area contributed by atoms with Gasteiger partial charge >= 0.3 is 6.09 Å². The SMILES string of the molecule is COC1C(OC(=O)NCCNC(C)=O)CCC2(CO2)C1C1OC1CC=C(C)C. The van der Waals surface area contributed by atoms with Crippen LogP contribution in [-0.2, 0) is 23.7 Å². The van der Waals surface area contributed by atoms with Gasteiger partial charge in [-0.25, -0.2) is 4.79 Å². The molecule has 0 aromatic rings. The smallest absolute Gasteiger partial charge is 0.407 e. The summed E-state index contributed by atoms with van der Waals surface area (Å²) >= 11 is 0. The third-order valence-corrected chi connectivity index (χ3v) is 5.73. The largest absolute Gasteiger partial charge is 0.443 e. The van der Waals surface area contributed by atoms with Gasteiger partial charge in [-0.2, -0.15) is 0 Å². The van der Waals surface area contributed by atoms with Crippen molar-refractivity contribution in [3.05, 3.63) is 11.6 Å². The molecule has 6 atom stereocenters. The molecule has 6 unspecified atom stereocenters. The first-order valence-electron chi connectivity index (χ1n) is 10.0. The summed E-state index contributed by atoms with van der Waals surface area (Å²) in [6, 6.07) is 0. The Bertz CT molecular complexity index is 614. The molecule has 0 bridgehead atoms. The second kappa shape index (κ2) is 8.80. The fraction of sp³-hybridized carbons (Fsp3) is 0.800. The van der Waals surface area contributed by atoms with Gasteiger partial charge in [0.1, 0.15) is 12.2 Å². The number of alkyl carbamates (subject to hydrolysis) is 1. The van der Waals surface area contributed by atoms with Gasteiger partial charge in [0, 0.05) is 33.0 Å². The Morgan fingerprint density at radius 3 is 2.54 bits per heavy atom. The second-order valence-electron chi connectivity index (χ2n) is 8.13. The van der Waals surface area contributed by atoms with Crippen LogP contribution in [0.15, 0.2) is 11.6 Å².